The van der Waals surface area contributed by atoms with Crippen LogP contribution in [0.2, 0.25) is 0 Å². The van der Waals surface area contributed by atoms with E-state index < -0.39 is 0 Å². The van der Waals surface area contributed by atoms with Crippen LogP contribution in [0.4, 0.5) is 0 Å². The highest BCUT2D eigenvalue weighted by Crippen LogP contribution is 2.22. The third kappa shape index (κ3) is 4.20. The number of rotatable bonds is 4. The predicted octanol–water partition coefficient (Wildman–Crippen LogP) is 2.60. The van der Waals surface area contributed by atoms with Gasteiger partial charge in [-0.15, -0.1) is 0 Å². The number of nitrogens with two attached hydrogens (primary N) is 1. The molecule has 0 aliphatic carbocycles. The molecule has 1 aromatic heterocycles. The molecule has 2 N–H and O–H groups in total. The number of ether oxygens (including phenoxy) is 1. The van der Waals surface area contributed by atoms with E-state index in [0.29, 0.717) is 5.56 Å². The number of carbonyl (C=O) groups is 1. The quantitative estimate of drug-likeness (QED) is 0.880. The first kappa shape index (κ1) is 15.3. The second-order valence-electron chi connectivity index (χ2n) is 6.11. The van der Waals surface area contributed by atoms with Crippen molar-refractivity contribution in [2.45, 2.75) is 32.9 Å². The molecule has 112 valence electrons. The lowest BCUT2D eigenvalue weighted by Crippen LogP contribution is -2.92. The van der Waals surface area contributed by atoms with Gasteiger partial charge < -0.3 is 14.5 Å². The minimum absolute atomic E-state index is 0.176. The second-order valence-corrected chi connectivity index (χ2v) is 6.11. The number of benzene rings is 1. The average Bonchev–Trinajstić information content (AvgIpc) is 2.93. The van der Waals surface area contributed by atoms with Gasteiger partial charge in [0.15, 0.2) is 5.76 Å². The summed E-state index contributed by atoms with van der Waals surface area (Å²) in [5.41, 5.74) is 1.66. The summed E-state index contributed by atoms with van der Waals surface area (Å²) < 4.78 is 10.5. The molecule has 0 aliphatic rings. The lowest BCUT2D eigenvalue weighted by Gasteiger charge is -2.15. The molecule has 4 nitrogen and oxygen atoms in total. The van der Waals surface area contributed by atoms with Gasteiger partial charge in [-0.05, 0) is 45.0 Å². The van der Waals surface area contributed by atoms with E-state index >= 15 is 0 Å². The van der Waals surface area contributed by atoms with E-state index in [1.165, 1.54) is 7.11 Å². The van der Waals surface area contributed by atoms with Gasteiger partial charge in [0, 0.05) is 5.56 Å². The number of esters is 1. The highest BCUT2D eigenvalue weighted by molar-refractivity contribution is 5.89. The van der Waals surface area contributed by atoms with Crippen molar-refractivity contribution >= 4 is 5.97 Å². The minimum Gasteiger partial charge on any atom is -0.465 e. The van der Waals surface area contributed by atoms with Crippen molar-refractivity contribution in [1.29, 1.82) is 0 Å². The van der Waals surface area contributed by atoms with Crippen LogP contribution in [0.1, 0.15) is 36.9 Å². The Morgan fingerprint density at radius 2 is 1.81 bits per heavy atom. The predicted molar refractivity (Wildman–Crippen MR) is 80.9 cm³/mol. The summed E-state index contributed by atoms with van der Waals surface area (Å²) >= 11 is 0. The van der Waals surface area contributed by atoms with Crippen LogP contribution in [0.15, 0.2) is 40.8 Å². The molecule has 0 aliphatic heterocycles. The maximum Gasteiger partial charge on any atom is 0.337 e. The first-order valence-corrected chi connectivity index (χ1v) is 7.01. The Balaban J connectivity index is 2.09. The van der Waals surface area contributed by atoms with Crippen molar-refractivity contribution < 1.29 is 19.3 Å². The normalized spacial score (nSPS) is 11.4. The first-order valence-electron chi connectivity index (χ1n) is 7.01. The topological polar surface area (TPSA) is 56.0 Å². The average molecular weight is 288 g/mol. The van der Waals surface area contributed by atoms with Crippen LogP contribution >= 0.6 is 0 Å². The summed E-state index contributed by atoms with van der Waals surface area (Å²) in [5, 5.41) is 2.23. The van der Waals surface area contributed by atoms with E-state index in [1.54, 1.807) is 12.1 Å². The summed E-state index contributed by atoms with van der Waals surface area (Å²) in [7, 11) is 1.38. The Morgan fingerprint density at radius 3 is 2.38 bits per heavy atom. The fourth-order valence-corrected chi connectivity index (χ4v) is 1.94. The largest absolute Gasteiger partial charge is 0.465 e. The molecule has 1 heterocycles. The molecule has 0 radical (unpaired) electrons. The molecule has 0 unspecified atom stereocenters. The van der Waals surface area contributed by atoms with Crippen molar-refractivity contribution in [2.75, 3.05) is 7.11 Å². The Kier molecular flexibility index (Phi) is 4.48. The highest BCUT2D eigenvalue weighted by atomic mass is 16.5. The monoisotopic (exact) mass is 288 g/mol. The van der Waals surface area contributed by atoms with Gasteiger partial charge in [-0.3, -0.25) is 0 Å². The summed E-state index contributed by atoms with van der Waals surface area (Å²) in [4.78, 5) is 11.4. The Labute approximate surface area is 125 Å². The molecule has 0 bridgehead atoms. The van der Waals surface area contributed by atoms with Crippen molar-refractivity contribution in [3.05, 3.63) is 47.7 Å². The van der Waals surface area contributed by atoms with E-state index in [4.69, 9.17) is 4.42 Å². The Hall–Kier alpha value is -2.07. The molecule has 4 heteroatoms. The van der Waals surface area contributed by atoms with E-state index in [9.17, 15) is 4.79 Å². The van der Waals surface area contributed by atoms with Gasteiger partial charge in [0.1, 0.15) is 12.3 Å². The van der Waals surface area contributed by atoms with E-state index in [2.05, 4.69) is 30.8 Å². The van der Waals surface area contributed by atoms with Gasteiger partial charge in [-0.25, -0.2) is 4.79 Å². The van der Waals surface area contributed by atoms with Crippen LogP contribution < -0.4 is 5.32 Å². The fraction of sp³-hybridized carbons (Fsp3) is 0.353. The zero-order valence-corrected chi connectivity index (χ0v) is 13.0. The maximum atomic E-state index is 11.4. The van der Waals surface area contributed by atoms with Gasteiger partial charge in [0.05, 0.1) is 18.2 Å². The van der Waals surface area contributed by atoms with Crippen molar-refractivity contribution in [3.63, 3.8) is 0 Å². The molecule has 0 saturated heterocycles. The summed E-state index contributed by atoms with van der Waals surface area (Å²) in [6.45, 7) is 7.32. The Bertz CT molecular complexity index is 606. The number of methoxy groups -OCH3 is 1. The van der Waals surface area contributed by atoms with Gasteiger partial charge in [0.25, 0.3) is 0 Å². The number of hydrogen-bond acceptors (Lipinski definition) is 3. The van der Waals surface area contributed by atoms with Crippen LogP contribution in [0.25, 0.3) is 11.3 Å². The number of carbonyl (C=O) groups excluding carboxylic acids is 1. The van der Waals surface area contributed by atoms with Crippen molar-refractivity contribution in [3.8, 4) is 11.3 Å². The SMILES string of the molecule is COC(=O)c1ccc(-c2ccc(C[NH2+]C(C)(C)C)o2)cc1. The molecule has 2 rings (SSSR count). The molecule has 0 amide bonds. The Morgan fingerprint density at radius 1 is 1.14 bits per heavy atom. The smallest absolute Gasteiger partial charge is 0.337 e. The summed E-state index contributed by atoms with van der Waals surface area (Å²) in [5.74, 6) is 1.42. The lowest BCUT2D eigenvalue weighted by molar-refractivity contribution is -0.732. The first-order chi connectivity index (χ1) is 9.89. The van der Waals surface area contributed by atoms with E-state index in [1.807, 2.05) is 24.3 Å². The molecule has 0 fully saturated rings. The third-order valence-corrected chi connectivity index (χ3v) is 3.17. The van der Waals surface area contributed by atoms with Gasteiger partial charge in [-0.2, -0.15) is 0 Å². The summed E-state index contributed by atoms with van der Waals surface area (Å²) in [6.07, 6.45) is 0. The highest BCUT2D eigenvalue weighted by Gasteiger charge is 2.15. The molecule has 2 aromatic rings. The molecule has 0 atom stereocenters. The van der Waals surface area contributed by atoms with E-state index in [0.717, 1.165) is 23.6 Å². The van der Waals surface area contributed by atoms with Crippen LogP contribution in [0.5, 0.6) is 0 Å². The molecular weight excluding hydrogens is 266 g/mol. The molecule has 0 spiro atoms. The maximum absolute atomic E-state index is 11.4. The second kappa shape index (κ2) is 6.14. The molecule has 0 saturated carbocycles. The zero-order valence-electron chi connectivity index (χ0n) is 13.0. The van der Waals surface area contributed by atoms with Crippen LogP contribution in [-0.4, -0.2) is 18.6 Å². The minimum atomic E-state index is -0.332. The van der Waals surface area contributed by atoms with Gasteiger partial charge in [-0.1, -0.05) is 12.1 Å². The van der Waals surface area contributed by atoms with Crippen LogP contribution in [-0.2, 0) is 11.3 Å². The van der Waals surface area contributed by atoms with E-state index in [-0.39, 0.29) is 11.5 Å². The van der Waals surface area contributed by atoms with Crippen LogP contribution in [0.3, 0.4) is 0 Å². The third-order valence-electron chi connectivity index (χ3n) is 3.17. The fourth-order valence-electron chi connectivity index (χ4n) is 1.94. The van der Waals surface area contributed by atoms with Crippen molar-refractivity contribution in [1.82, 2.24) is 0 Å². The molecular formula is C17H22NO3+. The number of furan rings is 1. The van der Waals surface area contributed by atoms with Gasteiger partial charge >= 0.3 is 5.97 Å². The van der Waals surface area contributed by atoms with Gasteiger partial charge in [0.2, 0.25) is 0 Å². The number of hydrogen-bond donors (Lipinski definition) is 1. The zero-order chi connectivity index (χ0) is 15.5. The molecule has 1 aromatic carbocycles. The van der Waals surface area contributed by atoms with Crippen molar-refractivity contribution in [2.24, 2.45) is 0 Å². The standard InChI is InChI=1S/C17H21NO3/c1-17(2,3)18-11-14-9-10-15(21-14)12-5-7-13(8-6-12)16(19)20-4/h5-10,18H,11H2,1-4H3/p+1. The number of quaternary nitrogens is 1. The molecule has 21 heavy (non-hydrogen) atoms. The van der Waals surface area contributed by atoms with Crippen LogP contribution in [0, 0.1) is 0 Å². The lowest BCUT2D eigenvalue weighted by atomic mass is 10.1. The summed E-state index contributed by atoms with van der Waals surface area (Å²) in [6, 6.07) is 11.2.